The van der Waals surface area contributed by atoms with E-state index in [0.29, 0.717) is 11.3 Å². The van der Waals surface area contributed by atoms with Crippen LogP contribution in [0.2, 0.25) is 0 Å². The van der Waals surface area contributed by atoms with Gasteiger partial charge in [-0.15, -0.1) is 23.1 Å². The third-order valence-electron chi connectivity index (χ3n) is 5.41. The van der Waals surface area contributed by atoms with Crippen LogP contribution in [0.15, 0.2) is 50.9 Å². The first-order valence-electron chi connectivity index (χ1n) is 10.1. The number of β-lactam (4-membered cyclic amide) rings is 1. The minimum atomic E-state index is -1.45. The highest BCUT2D eigenvalue weighted by Gasteiger charge is 2.53. The van der Waals surface area contributed by atoms with Crippen molar-refractivity contribution in [1.82, 2.24) is 20.4 Å². The van der Waals surface area contributed by atoms with Crippen LogP contribution < -0.4 is 20.7 Å². The number of carbonyl (C=O) groups excluding carboxylic acids is 3. The van der Waals surface area contributed by atoms with E-state index in [1.165, 1.54) is 18.9 Å². The highest BCUT2D eigenvalue weighted by Crippen LogP contribution is 2.40. The summed E-state index contributed by atoms with van der Waals surface area (Å²) in [6.45, 7) is 0.279. The number of nitrogens with zero attached hydrogens (tertiary/aromatic N) is 5. The van der Waals surface area contributed by atoms with Gasteiger partial charge in [-0.25, -0.2) is 0 Å². The summed E-state index contributed by atoms with van der Waals surface area (Å²) in [6, 6.07) is 2.67. The Kier molecular flexibility index (Phi) is 5.86. The topological polar surface area (TPSA) is 180 Å². The smallest absolute Gasteiger partial charge is 0.319 e. The normalized spacial score (nSPS) is 20.0. The van der Waals surface area contributed by atoms with E-state index in [4.69, 9.17) is 5.73 Å². The Morgan fingerprint density at radius 3 is 3.00 bits per heavy atom. The maximum atomic E-state index is 12.9. The number of nitrogens with one attached hydrogen (secondary N) is 1. The van der Waals surface area contributed by atoms with Crippen LogP contribution in [0.1, 0.15) is 5.82 Å². The summed E-state index contributed by atoms with van der Waals surface area (Å²) in [5.74, 6) is -2.74. The van der Waals surface area contributed by atoms with Gasteiger partial charge in [-0.2, -0.15) is 9.55 Å². The lowest BCUT2D eigenvalue weighted by atomic mass is 10.0. The molecule has 2 atom stereocenters. The number of aromatic nitrogens is 3. The van der Waals surface area contributed by atoms with E-state index in [1.54, 1.807) is 11.3 Å². The van der Waals surface area contributed by atoms with Crippen LogP contribution in [0, 0.1) is 0 Å². The standard InChI is InChI=1S/C20H17N7O6S2/c1-32-24-12(15-23-20(21)33-25-15)16(28)22-13-17(29)27-14(19(30)31)10(8-35-18(13)27)6-26-4-2-9-3-5-34-11(9)7-26/h2-5,7,13,18H,6,8H2,1H3,(H3-,21,22,23,25,28,30,31)/b24-12-/t13?,18-/m1/s1. The van der Waals surface area contributed by atoms with Crippen LogP contribution >= 0.6 is 23.1 Å². The number of anilines is 1. The van der Waals surface area contributed by atoms with E-state index in [2.05, 4.69) is 30.0 Å². The Bertz CT molecular complexity index is 1410. The van der Waals surface area contributed by atoms with Crippen LogP contribution in [0.25, 0.3) is 10.1 Å². The van der Waals surface area contributed by atoms with Crippen molar-refractivity contribution >= 4 is 62.7 Å². The first kappa shape index (κ1) is 22.8. The van der Waals surface area contributed by atoms with Gasteiger partial charge in [0.1, 0.15) is 18.5 Å². The van der Waals surface area contributed by atoms with Gasteiger partial charge in [0, 0.05) is 22.8 Å². The number of thiophene rings is 1. The second-order valence-electron chi connectivity index (χ2n) is 7.54. The minimum absolute atomic E-state index is 0.181. The van der Waals surface area contributed by atoms with Gasteiger partial charge in [0.2, 0.25) is 11.5 Å². The van der Waals surface area contributed by atoms with Gasteiger partial charge in [-0.3, -0.25) is 14.5 Å². The number of hydrogen-bond donors (Lipinski definition) is 2. The van der Waals surface area contributed by atoms with Crippen molar-refractivity contribution in [3.05, 3.63) is 47.0 Å². The van der Waals surface area contributed by atoms with E-state index in [0.717, 1.165) is 15.0 Å². The molecule has 0 bridgehead atoms. The molecule has 2 aliphatic heterocycles. The van der Waals surface area contributed by atoms with Crippen molar-refractivity contribution in [2.24, 2.45) is 5.16 Å². The SMILES string of the molecule is CO/N=C(\C(=O)NC1C(=O)N2C(C(=O)[O-])=C(C[n+]3ccc4ccsc4c3)CS[C@H]12)c1noc(N)n1. The first-order chi connectivity index (χ1) is 16.9. The molecule has 5 heterocycles. The van der Waals surface area contributed by atoms with Crippen molar-refractivity contribution in [3.8, 4) is 0 Å². The molecule has 1 unspecified atom stereocenters. The van der Waals surface area contributed by atoms with Crippen LogP contribution in [0.3, 0.4) is 0 Å². The molecule has 15 heteroatoms. The van der Waals surface area contributed by atoms with Gasteiger partial charge in [0.25, 0.3) is 11.8 Å². The number of pyridine rings is 1. The Hall–Kier alpha value is -3.98. The maximum absolute atomic E-state index is 12.9. The number of amides is 2. The van der Waals surface area contributed by atoms with Gasteiger partial charge in [-0.1, -0.05) is 10.3 Å². The molecule has 0 spiro atoms. The van der Waals surface area contributed by atoms with Crippen LogP contribution in [0.4, 0.5) is 6.01 Å². The molecule has 13 nitrogen and oxygen atoms in total. The van der Waals surface area contributed by atoms with Crippen LogP contribution in [-0.2, 0) is 25.8 Å². The molecule has 3 N–H and O–H groups in total. The molecule has 1 fully saturated rings. The second kappa shape index (κ2) is 8.99. The quantitative estimate of drug-likeness (QED) is 0.165. The lowest BCUT2D eigenvalue weighted by molar-refractivity contribution is -0.687. The molecular weight excluding hydrogens is 498 g/mol. The molecule has 3 aromatic heterocycles. The molecule has 3 aromatic rings. The number of thioether (sulfide) groups is 1. The Morgan fingerprint density at radius 1 is 1.46 bits per heavy atom. The van der Waals surface area contributed by atoms with Crippen molar-refractivity contribution in [2.45, 2.75) is 18.0 Å². The lowest BCUT2D eigenvalue weighted by Gasteiger charge is -2.50. The molecular formula is C20H17N7O6S2. The zero-order valence-electron chi connectivity index (χ0n) is 18.0. The fourth-order valence-corrected chi connectivity index (χ4v) is 6.04. The summed E-state index contributed by atoms with van der Waals surface area (Å²) in [5, 5.41) is 24.1. The molecule has 2 amide bonds. The number of carboxylic acid groups (broad SMARTS) is 1. The van der Waals surface area contributed by atoms with Gasteiger partial charge in [0.05, 0.1) is 16.4 Å². The average Bonchev–Trinajstić information content (AvgIpc) is 3.48. The number of hydrogen-bond acceptors (Lipinski definition) is 12. The molecule has 35 heavy (non-hydrogen) atoms. The van der Waals surface area contributed by atoms with Crippen molar-refractivity contribution in [1.29, 1.82) is 0 Å². The van der Waals surface area contributed by atoms with Gasteiger partial charge >= 0.3 is 6.01 Å². The summed E-state index contributed by atoms with van der Waals surface area (Å²) in [5.41, 5.74) is 5.40. The highest BCUT2D eigenvalue weighted by atomic mass is 32.2. The molecule has 5 rings (SSSR count). The van der Waals surface area contributed by atoms with E-state index in [9.17, 15) is 19.5 Å². The lowest BCUT2D eigenvalue weighted by Crippen LogP contribution is -2.71. The van der Waals surface area contributed by atoms with Crippen molar-refractivity contribution in [2.75, 3.05) is 18.6 Å². The molecule has 0 saturated carbocycles. The molecule has 0 aliphatic carbocycles. The Labute approximate surface area is 205 Å². The largest absolute Gasteiger partial charge is 0.543 e. The predicted molar refractivity (Wildman–Crippen MR) is 121 cm³/mol. The van der Waals surface area contributed by atoms with E-state index < -0.39 is 29.2 Å². The molecule has 2 aliphatic rings. The minimum Gasteiger partial charge on any atom is -0.543 e. The Morgan fingerprint density at radius 2 is 2.29 bits per heavy atom. The van der Waals surface area contributed by atoms with Crippen molar-refractivity contribution < 1.29 is 33.4 Å². The predicted octanol–water partition coefficient (Wildman–Crippen LogP) is -1.39. The number of oxime groups is 1. The summed E-state index contributed by atoms with van der Waals surface area (Å²) in [6.07, 6.45) is 3.78. The van der Waals surface area contributed by atoms with Gasteiger partial charge in [0.15, 0.2) is 18.9 Å². The molecule has 0 radical (unpaired) electrons. The number of aliphatic carboxylic acids is 1. The van der Waals surface area contributed by atoms with Gasteiger partial charge < -0.3 is 30.3 Å². The second-order valence-corrected chi connectivity index (χ2v) is 9.59. The van der Waals surface area contributed by atoms with Gasteiger partial charge in [-0.05, 0) is 11.4 Å². The molecule has 1 saturated heterocycles. The molecule has 180 valence electrons. The number of rotatable bonds is 7. The first-order valence-corrected chi connectivity index (χ1v) is 12.1. The highest BCUT2D eigenvalue weighted by molar-refractivity contribution is 8.00. The van der Waals surface area contributed by atoms with Crippen LogP contribution in [-0.4, -0.2) is 62.8 Å². The summed E-state index contributed by atoms with van der Waals surface area (Å²) in [7, 11) is 1.22. The molecule has 0 aromatic carbocycles. The summed E-state index contributed by atoms with van der Waals surface area (Å²) < 4.78 is 7.58. The fourth-order valence-electron chi connectivity index (χ4n) is 3.87. The zero-order valence-corrected chi connectivity index (χ0v) is 19.7. The maximum Gasteiger partial charge on any atom is 0.319 e. The van der Waals surface area contributed by atoms with E-state index in [-0.39, 0.29) is 29.8 Å². The zero-order chi connectivity index (χ0) is 24.7. The summed E-state index contributed by atoms with van der Waals surface area (Å²) >= 11 is 2.91. The monoisotopic (exact) mass is 515 g/mol. The van der Waals surface area contributed by atoms with E-state index in [1.807, 2.05) is 34.5 Å². The third-order valence-corrected chi connectivity index (χ3v) is 7.61. The number of nitrogens with two attached hydrogens (primary N) is 1. The number of carboxylic acids is 1. The fraction of sp³-hybridized carbons (Fsp3) is 0.250. The number of fused-ring (bicyclic) bond motifs is 2. The third kappa shape index (κ3) is 4.08. The summed E-state index contributed by atoms with van der Waals surface area (Å²) in [4.78, 5) is 47.3. The Balaban J connectivity index is 1.36. The number of carbonyl (C=O) groups is 3. The number of nitrogen functional groups attached to an aromatic ring is 1. The van der Waals surface area contributed by atoms with Crippen LogP contribution in [0.5, 0.6) is 0 Å². The van der Waals surface area contributed by atoms with Crippen molar-refractivity contribution in [3.63, 3.8) is 0 Å². The van der Waals surface area contributed by atoms with E-state index >= 15 is 0 Å². The average molecular weight is 516 g/mol.